The van der Waals surface area contributed by atoms with E-state index >= 15 is 0 Å². The van der Waals surface area contributed by atoms with Gasteiger partial charge in [0.05, 0.1) is 6.42 Å². The first-order chi connectivity index (χ1) is 17.5. The SMILES string of the molecule is CCCCCCCCCCCCC[C@@H](CC(=O)NC)OC(=O)[C@H](CCCC(=O)O)NC(=O)OC(C)(C)C. The van der Waals surface area contributed by atoms with E-state index in [-0.39, 0.29) is 31.6 Å². The molecule has 0 heterocycles. The van der Waals surface area contributed by atoms with E-state index in [1.165, 1.54) is 58.4 Å². The molecule has 0 aromatic heterocycles. The maximum atomic E-state index is 12.9. The molecular formula is C28H52N2O7. The molecule has 0 aromatic rings. The van der Waals surface area contributed by atoms with Gasteiger partial charge in [-0.05, 0) is 46.5 Å². The molecule has 3 N–H and O–H groups in total. The van der Waals surface area contributed by atoms with Gasteiger partial charge in [0.15, 0.2) is 0 Å². The lowest BCUT2D eigenvalue weighted by molar-refractivity contribution is -0.153. The minimum Gasteiger partial charge on any atom is -0.481 e. The lowest BCUT2D eigenvalue weighted by atomic mass is 10.0. The Morgan fingerprint density at radius 1 is 0.811 bits per heavy atom. The van der Waals surface area contributed by atoms with Gasteiger partial charge in [0.1, 0.15) is 17.7 Å². The number of alkyl carbamates (subject to hydrolysis) is 1. The highest BCUT2D eigenvalue weighted by Gasteiger charge is 2.28. The Balaban J connectivity index is 4.75. The van der Waals surface area contributed by atoms with Crippen molar-refractivity contribution in [2.24, 2.45) is 0 Å². The summed E-state index contributed by atoms with van der Waals surface area (Å²) in [5.74, 6) is -1.91. The summed E-state index contributed by atoms with van der Waals surface area (Å²) in [5.41, 5.74) is -0.754. The first-order valence-electron chi connectivity index (χ1n) is 14.1. The topological polar surface area (TPSA) is 131 Å². The fourth-order valence-corrected chi connectivity index (χ4v) is 3.95. The molecule has 9 nitrogen and oxygen atoms in total. The van der Waals surface area contributed by atoms with Gasteiger partial charge in [0.25, 0.3) is 0 Å². The minimum atomic E-state index is -1.06. The summed E-state index contributed by atoms with van der Waals surface area (Å²) < 4.78 is 10.9. The van der Waals surface area contributed by atoms with Crippen molar-refractivity contribution in [1.82, 2.24) is 10.6 Å². The fourth-order valence-electron chi connectivity index (χ4n) is 3.95. The normalized spacial score (nSPS) is 12.9. The molecule has 2 amide bonds. The Morgan fingerprint density at radius 3 is 1.84 bits per heavy atom. The third kappa shape index (κ3) is 21.5. The van der Waals surface area contributed by atoms with Crippen LogP contribution in [0.15, 0.2) is 0 Å². The van der Waals surface area contributed by atoms with Crippen LogP contribution in [0.2, 0.25) is 0 Å². The molecule has 0 aromatic carbocycles. The van der Waals surface area contributed by atoms with Gasteiger partial charge in [-0.1, -0.05) is 71.1 Å². The first kappa shape index (κ1) is 34.7. The average Bonchev–Trinajstić information content (AvgIpc) is 2.80. The van der Waals surface area contributed by atoms with Gasteiger partial charge in [-0.3, -0.25) is 9.59 Å². The van der Waals surface area contributed by atoms with Crippen molar-refractivity contribution in [2.75, 3.05) is 7.05 Å². The van der Waals surface area contributed by atoms with Gasteiger partial charge in [0, 0.05) is 13.5 Å². The molecule has 37 heavy (non-hydrogen) atoms. The second-order valence-corrected chi connectivity index (χ2v) is 10.7. The molecular weight excluding hydrogens is 476 g/mol. The third-order valence-electron chi connectivity index (χ3n) is 5.96. The smallest absolute Gasteiger partial charge is 0.408 e. The molecule has 0 rings (SSSR count). The number of hydrogen-bond acceptors (Lipinski definition) is 6. The van der Waals surface area contributed by atoms with Crippen LogP contribution in [0, 0.1) is 0 Å². The van der Waals surface area contributed by atoms with E-state index in [1.54, 1.807) is 20.8 Å². The molecule has 0 saturated carbocycles. The summed E-state index contributed by atoms with van der Waals surface area (Å²) >= 11 is 0. The van der Waals surface area contributed by atoms with E-state index < -0.39 is 35.8 Å². The molecule has 216 valence electrons. The molecule has 0 radical (unpaired) electrons. The van der Waals surface area contributed by atoms with Crippen molar-refractivity contribution in [3.8, 4) is 0 Å². The van der Waals surface area contributed by atoms with Gasteiger partial charge >= 0.3 is 18.0 Å². The number of carbonyl (C=O) groups is 4. The number of esters is 1. The van der Waals surface area contributed by atoms with Crippen LogP contribution in [-0.2, 0) is 23.9 Å². The lowest BCUT2D eigenvalue weighted by Crippen LogP contribution is -2.45. The van der Waals surface area contributed by atoms with Crippen LogP contribution < -0.4 is 10.6 Å². The van der Waals surface area contributed by atoms with E-state index in [0.29, 0.717) is 6.42 Å². The quantitative estimate of drug-likeness (QED) is 0.125. The largest absolute Gasteiger partial charge is 0.481 e. The number of carboxylic acid groups (broad SMARTS) is 1. The minimum absolute atomic E-state index is 0.0360. The Labute approximate surface area is 223 Å². The van der Waals surface area contributed by atoms with Crippen molar-refractivity contribution in [2.45, 2.75) is 148 Å². The molecule has 9 heteroatoms. The maximum Gasteiger partial charge on any atom is 0.408 e. The van der Waals surface area contributed by atoms with Crippen LogP contribution >= 0.6 is 0 Å². The highest BCUT2D eigenvalue weighted by Crippen LogP contribution is 2.16. The number of aliphatic carboxylic acids is 1. The third-order valence-corrected chi connectivity index (χ3v) is 5.96. The maximum absolute atomic E-state index is 12.9. The molecule has 0 spiro atoms. The summed E-state index contributed by atoms with van der Waals surface area (Å²) in [4.78, 5) is 48.1. The summed E-state index contributed by atoms with van der Waals surface area (Å²) in [6, 6.07) is -1.06. The monoisotopic (exact) mass is 528 g/mol. The molecule has 0 fully saturated rings. The zero-order valence-corrected chi connectivity index (χ0v) is 23.9. The van der Waals surface area contributed by atoms with Gasteiger partial charge in [-0.25, -0.2) is 9.59 Å². The fraction of sp³-hybridized carbons (Fsp3) is 0.857. The van der Waals surface area contributed by atoms with Crippen LogP contribution in [-0.4, -0.2) is 53.8 Å². The highest BCUT2D eigenvalue weighted by atomic mass is 16.6. The standard InChI is InChI=1S/C28H52N2O7/c1-6-7-8-9-10-11-12-13-14-15-16-18-22(21-24(31)29-5)36-26(34)23(19-17-20-25(32)33)30-27(35)37-28(2,3)4/h22-23H,6-21H2,1-5H3,(H,29,31)(H,30,35)(H,32,33)/t22-,23-/m0/s1. The van der Waals surface area contributed by atoms with Crippen molar-refractivity contribution < 1.29 is 33.8 Å². The second-order valence-electron chi connectivity index (χ2n) is 10.7. The van der Waals surface area contributed by atoms with Crippen LogP contribution in [0.25, 0.3) is 0 Å². The van der Waals surface area contributed by atoms with Gasteiger partial charge in [-0.15, -0.1) is 0 Å². The first-order valence-corrected chi connectivity index (χ1v) is 14.1. The molecule has 0 aliphatic carbocycles. The van der Waals surface area contributed by atoms with E-state index in [1.807, 2.05) is 0 Å². The molecule has 0 aliphatic rings. The zero-order valence-electron chi connectivity index (χ0n) is 23.9. The molecule has 2 atom stereocenters. The average molecular weight is 529 g/mol. The predicted octanol–water partition coefficient (Wildman–Crippen LogP) is 5.88. The zero-order chi connectivity index (χ0) is 28.1. The summed E-state index contributed by atoms with van der Waals surface area (Å²) in [6.07, 6.45) is 12.5. The Hall–Kier alpha value is -2.32. The Morgan fingerprint density at radius 2 is 1.35 bits per heavy atom. The number of nitrogens with one attached hydrogen (secondary N) is 2. The van der Waals surface area contributed by atoms with E-state index in [2.05, 4.69) is 17.6 Å². The molecule has 0 bridgehead atoms. The number of hydrogen-bond donors (Lipinski definition) is 3. The number of unbranched alkanes of at least 4 members (excludes halogenated alkanes) is 10. The number of carboxylic acids is 1. The van der Waals surface area contributed by atoms with Crippen molar-refractivity contribution in [3.63, 3.8) is 0 Å². The van der Waals surface area contributed by atoms with Crippen molar-refractivity contribution in [3.05, 3.63) is 0 Å². The van der Waals surface area contributed by atoms with Crippen LogP contribution in [0.4, 0.5) is 4.79 Å². The number of rotatable bonds is 21. The number of amides is 2. The van der Waals surface area contributed by atoms with Crippen LogP contribution in [0.3, 0.4) is 0 Å². The summed E-state index contributed by atoms with van der Waals surface area (Å²) in [7, 11) is 1.53. The second kappa shape index (κ2) is 20.7. The van der Waals surface area contributed by atoms with Crippen LogP contribution in [0.1, 0.15) is 130 Å². The summed E-state index contributed by atoms with van der Waals surface area (Å²) in [5, 5.41) is 14.0. The Bertz CT molecular complexity index is 661. The highest BCUT2D eigenvalue weighted by molar-refractivity contribution is 5.82. The molecule has 0 saturated heterocycles. The van der Waals surface area contributed by atoms with E-state index in [9.17, 15) is 19.2 Å². The summed E-state index contributed by atoms with van der Waals surface area (Å²) in [6.45, 7) is 7.34. The van der Waals surface area contributed by atoms with E-state index in [0.717, 1.165) is 19.3 Å². The number of ether oxygens (including phenoxy) is 2. The number of carbonyl (C=O) groups excluding carboxylic acids is 3. The van der Waals surface area contributed by atoms with Crippen LogP contribution in [0.5, 0.6) is 0 Å². The van der Waals surface area contributed by atoms with E-state index in [4.69, 9.17) is 14.6 Å². The van der Waals surface area contributed by atoms with Gasteiger partial charge in [0.2, 0.25) is 5.91 Å². The Kier molecular flexibility index (Phi) is 19.4. The molecule has 0 unspecified atom stereocenters. The van der Waals surface area contributed by atoms with Gasteiger partial charge < -0.3 is 25.2 Å². The predicted molar refractivity (Wildman–Crippen MR) is 144 cm³/mol. The van der Waals surface area contributed by atoms with Crippen molar-refractivity contribution >= 4 is 23.9 Å². The van der Waals surface area contributed by atoms with Gasteiger partial charge in [-0.2, -0.15) is 0 Å². The molecule has 0 aliphatic heterocycles. The van der Waals surface area contributed by atoms with Crippen molar-refractivity contribution in [1.29, 1.82) is 0 Å². The lowest BCUT2D eigenvalue weighted by Gasteiger charge is -2.25.